The summed E-state index contributed by atoms with van der Waals surface area (Å²) in [5.41, 5.74) is 8.06. The monoisotopic (exact) mass is 465 g/mol. The summed E-state index contributed by atoms with van der Waals surface area (Å²) >= 11 is 0. The van der Waals surface area contributed by atoms with Crippen molar-refractivity contribution >= 4 is 16.9 Å². The highest BCUT2D eigenvalue weighted by atomic mass is 16.5. The van der Waals surface area contributed by atoms with E-state index in [1.807, 2.05) is 24.5 Å². The third kappa shape index (κ3) is 4.82. The Morgan fingerprint density at radius 2 is 1.80 bits per heavy atom. The van der Waals surface area contributed by atoms with E-state index in [9.17, 15) is 4.79 Å². The molecule has 0 N–H and O–H groups in total. The van der Waals surface area contributed by atoms with Crippen LogP contribution in [0.15, 0.2) is 73.1 Å². The van der Waals surface area contributed by atoms with Crippen LogP contribution in [0.25, 0.3) is 22.0 Å². The molecule has 1 unspecified atom stereocenters. The van der Waals surface area contributed by atoms with E-state index in [-0.39, 0.29) is 12.0 Å². The lowest BCUT2D eigenvalue weighted by Gasteiger charge is -2.33. The highest BCUT2D eigenvalue weighted by Crippen LogP contribution is 2.29. The van der Waals surface area contributed by atoms with Crippen molar-refractivity contribution in [3.63, 3.8) is 0 Å². The van der Waals surface area contributed by atoms with Crippen LogP contribution in [-0.4, -0.2) is 40.5 Å². The number of pyridine rings is 2. The molecule has 1 aliphatic heterocycles. The first-order valence-electron chi connectivity index (χ1n) is 12.3. The maximum atomic E-state index is 12.4. The summed E-state index contributed by atoms with van der Waals surface area (Å²) in [6, 6.07) is 20.9. The Balaban J connectivity index is 1.47. The molecule has 2 aromatic heterocycles. The van der Waals surface area contributed by atoms with Crippen molar-refractivity contribution in [1.29, 1.82) is 0 Å². The average Bonchev–Trinajstić information content (AvgIpc) is 2.91. The van der Waals surface area contributed by atoms with E-state index in [1.165, 1.54) is 34.9 Å². The minimum absolute atomic E-state index is 0.140. The predicted molar refractivity (Wildman–Crippen MR) is 139 cm³/mol. The van der Waals surface area contributed by atoms with Crippen molar-refractivity contribution in [1.82, 2.24) is 14.9 Å². The zero-order valence-electron chi connectivity index (χ0n) is 20.4. The molecule has 1 aliphatic rings. The molecule has 1 fully saturated rings. The van der Waals surface area contributed by atoms with Gasteiger partial charge >= 0.3 is 5.97 Å². The van der Waals surface area contributed by atoms with Gasteiger partial charge in [-0.15, -0.1) is 0 Å². The number of rotatable bonds is 6. The zero-order valence-corrected chi connectivity index (χ0v) is 20.4. The largest absolute Gasteiger partial charge is 0.468 e. The maximum absolute atomic E-state index is 12.4. The first-order chi connectivity index (χ1) is 17.2. The molecule has 5 nitrogen and oxygen atoms in total. The smallest absolute Gasteiger partial charge is 0.323 e. The van der Waals surface area contributed by atoms with Crippen molar-refractivity contribution in [3.8, 4) is 11.1 Å². The van der Waals surface area contributed by atoms with Crippen LogP contribution in [-0.2, 0) is 22.5 Å². The highest BCUT2D eigenvalue weighted by Gasteiger charge is 2.29. The highest BCUT2D eigenvalue weighted by molar-refractivity contribution is 5.84. The molecule has 0 radical (unpaired) electrons. The number of hydrogen-bond acceptors (Lipinski definition) is 5. The van der Waals surface area contributed by atoms with Crippen molar-refractivity contribution in [2.75, 3.05) is 13.7 Å². The van der Waals surface area contributed by atoms with E-state index in [4.69, 9.17) is 14.7 Å². The van der Waals surface area contributed by atoms with Gasteiger partial charge in [-0.25, -0.2) is 0 Å². The number of fused-ring (bicyclic) bond motifs is 1. The summed E-state index contributed by atoms with van der Waals surface area (Å²) in [6.45, 7) is 3.78. The third-order valence-corrected chi connectivity index (χ3v) is 7.17. The van der Waals surface area contributed by atoms with Gasteiger partial charge in [0.1, 0.15) is 6.04 Å². The molecule has 0 saturated carbocycles. The Morgan fingerprint density at radius 3 is 2.63 bits per heavy atom. The molecule has 1 atom stereocenters. The van der Waals surface area contributed by atoms with Gasteiger partial charge in [0.15, 0.2) is 0 Å². The summed E-state index contributed by atoms with van der Waals surface area (Å²) in [5, 5.41) is 1.10. The molecule has 0 bridgehead atoms. The van der Waals surface area contributed by atoms with E-state index in [0.29, 0.717) is 6.54 Å². The van der Waals surface area contributed by atoms with Crippen molar-refractivity contribution < 1.29 is 9.53 Å². The van der Waals surface area contributed by atoms with E-state index >= 15 is 0 Å². The molecule has 4 aromatic rings. The number of hydrogen-bond donors (Lipinski definition) is 0. The van der Waals surface area contributed by atoms with Gasteiger partial charge in [0.25, 0.3) is 0 Å². The number of ether oxygens (including phenoxy) is 1. The maximum Gasteiger partial charge on any atom is 0.323 e. The topological polar surface area (TPSA) is 55.3 Å². The van der Waals surface area contributed by atoms with Crippen LogP contribution in [0.1, 0.15) is 41.6 Å². The van der Waals surface area contributed by atoms with Crippen LogP contribution >= 0.6 is 0 Å². The fourth-order valence-corrected chi connectivity index (χ4v) is 5.25. The summed E-state index contributed by atoms with van der Waals surface area (Å²) < 4.78 is 5.08. The SMILES string of the molecule is COC(=O)C1CCCCN1Cc1ccnc2c(Cc3cccc(-c4ccccc4)c3C)nccc12. The Bertz CT molecular complexity index is 1340. The second-order valence-corrected chi connectivity index (χ2v) is 9.26. The minimum atomic E-state index is -0.179. The number of piperidine rings is 1. The van der Waals surface area contributed by atoms with Crippen LogP contribution < -0.4 is 0 Å². The second-order valence-electron chi connectivity index (χ2n) is 9.26. The fraction of sp³-hybridized carbons (Fsp3) is 0.300. The number of methoxy groups -OCH3 is 1. The molecule has 3 heterocycles. The molecular formula is C30H31N3O2. The number of carbonyl (C=O) groups excluding carboxylic acids is 1. The Morgan fingerprint density at radius 1 is 0.971 bits per heavy atom. The van der Waals surface area contributed by atoms with E-state index < -0.39 is 0 Å². The molecule has 0 amide bonds. The van der Waals surface area contributed by atoms with Gasteiger partial charge in [-0.1, -0.05) is 55.0 Å². The average molecular weight is 466 g/mol. The summed E-state index contributed by atoms with van der Waals surface area (Å²) in [7, 11) is 1.48. The number of aromatic nitrogens is 2. The number of nitrogens with zero attached hydrogens (tertiary/aromatic N) is 3. The molecule has 2 aromatic carbocycles. The zero-order chi connectivity index (χ0) is 24.2. The minimum Gasteiger partial charge on any atom is -0.468 e. The number of benzene rings is 2. The first kappa shape index (κ1) is 23.2. The molecule has 5 rings (SSSR count). The molecule has 0 aliphatic carbocycles. The van der Waals surface area contributed by atoms with Crippen LogP contribution in [0.2, 0.25) is 0 Å². The normalized spacial score (nSPS) is 16.3. The molecule has 178 valence electrons. The Labute approximate surface area is 206 Å². The summed E-state index contributed by atoms with van der Waals surface area (Å²) in [4.78, 5) is 24.1. The van der Waals surface area contributed by atoms with Crippen molar-refractivity contribution in [3.05, 3.63) is 95.4 Å². The lowest BCUT2D eigenvalue weighted by atomic mass is 9.93. The van der Waals surface area contributed by atoms with Gasteiger partial charge in [0.2, 0.25) is 0 Å². The summed E-state index contributed by atoms with van der Waals surface area (Å²) in [5.74, 6) is -0.140. The fourth-order valence-electron chi connectivity index (χ4n) is 5.25. The van der Waals surface area contributed by atoms with Gasteiger partial charge < -0.3 is 4.74 Å². The van der Waals surface area contributed by atoms with E-state index in [1.54, 1.807) is 0 Å². The van der Waals surface area contributed by atoms with E-state index in [2.05, 4.69) is 60.4 Å². The summed E-state index contributed by atoms with van der Waals surface area (Å²) in [6.07, 6.45) is 7.47. The predicted octanol–water partition coefficient (Wildman–Crippen LogP) is 5.72. The van der Waals surface area contributed by atoms with Gasteiger partial charge in [0.05, 0.1) is 18.3 Å². The molecule has 5 heteroatoms. The molecule has 35 heavy (non-hydrogen) atoms. The van der Waals surface area contributed by atoms with Crippen LogP contribution in [0.5, 0.6) is 0 Å². The van der Waals surface area contributed by atoms with Crippen LogP contribution in [0.4, 0.5) is 0 Å². The number of esters is 1. The van der Waals surface area contributed by atoms with Gasteiger partial charge in [-0.05, 0) is 66.3 Å². The number of carbonyl (C=O) groups is 1. The van der Waals surface area contributed by atoms with Crippen molar-refractivity contribution in [2.24, 2.45) is 0 Å². The number of likely N-dealkylation sites (tertiary alicyclic amines) is 1. The van der Waals surface area contributed by atoms with E-state index in [0.717, 1.165) is 48.8 Å². The lowest BCUT2D eigenvalue weighted by molar-refractivity contribution is -0.148. The van der Waals surface area contributed by atoms with Crippen LogP contribution in [0.3, 0.4) is 0 Å². The molecule has 0 spiro atoms. The van der Waals surface area contributed by atoms with Gasteiger partial charge in [-0.3, -0.25) is 19.7 Å². The second kappa shape index (κ2) is 10.4. The standard InChI is InChI=1S/C30H31N3O2/c1-21-23(11-8-12-25(21)22-9-4-3-5-10-22)19-27-29-26(15-17-31-27)24(14-16-32-29)20-33-18-7-6-13-28(33)30(34)35-2/h3-5,8-12,14-17,28H,6-7,13,18-20H2,1-2H3. The van der Waals surface area contributed by atoms with Crippen LogP contribution in [0, 0.1) is 6.92 Å². The third-order valence-electron chi connectivity index (χ3n) is 7.17. The van der Waals surface area contributed by atoms with Gasteiger partial charge in [0, 0.05) is 30.7 Å². The Hall–Kier alpha value is -3.57. The molecule has 1 saturated heterocycles. The quantitative estimate of drug-likeness (QED) is 0.341. The Kier molecular flexibility index (Phi) is 6.87. The molecular weight excluding hydrogens is 434 g/mol. The lowest BCUT2D eigenvalue weighted by Crippen LogP contribution is -2.44. The van der Waals surface area contributed by atoms with Crippen molar-refractivity contribution in [2.45, 2.75) is 45.2 Å². The first-order valence-corrected chi connectivity index (χ1v) is 12.3. The van der Waals surface area contributed by atoms with Gasteiger partial charge in [-0.2, -0.15) is 0 Å².